The van der Waals surface area contributed by atoms with E-state index in [1.807, 2.05) is 19.9 Å². The van der Waals surface area contributed by atoms with Gasteiger partial charge in [0.2, 0.25) is 0 Å². The summed E-state index contributed by atoms with van der Waals surface area (Å²) in [5.74, 6) is -1.20. The molecule has 2 unspecified atom stereocenters. The molecular weight excluding hydrogens is 244 g/mol. The summed E-state index contributed by atoms with van der Waals surface area (Å²) in [6, 6.07) is 1.81. The van der Waals surface area contributed by atoms with Gasteiger partial charge in [0.05, 0.1) is 11.5 Å². The molecular formula is C14H18N2O3. The molecule has 0 radical (unpaired) electrons. The van der Waals surface area contributed by atoms with E-state index in [4.69, 9.17) is 5.11 Å². The summed E-state index contributed by atoms with van der Waals surface area (Å²) < 4.78 is 0. The lowest BCUT2D eigenvalue weighted by molar-refractivity contribution is -0.145. The van der Waals surface area contributed by atoms with Gasteiger partial charge in [-0.1, -0.05) is 6.92 Å². The van der Waals surface area contributed by atoms with Crippen molar-refractivity contribution in [3.8, 4) is 0 Å². The molecule has 0 saturated carbocycles. The second-order valence-corrected chi connectivity index (χ2v) is 5.21. The summed E-state index contributed by atoms with van der Waals surface area (Å²) >= 11 is 0. The van der Waals surface area contributed by atoms with Gasteiger partial charge in [0.15, 0.2) is 0 Å². The molecule has 0 spiro atoms. The zero-order valence-electron chi connectivity index (χ0n) is 11.2. The van der Waals surface area contributed by atoms with Crippen LogP contribution in [0.1, 0.15) is 29.3 Å². The SMILES string of the molecule is Cc1cncc(C(=O)N2CCC(C(=O)O)C(C)C2)c1. The molecule has 1 aromatic heterocycles. The molecule has 1 amide bonds. The average molecular weight is 262 g/mol. The number of aryl methyl sites for hydroxylation is 1. The Labute approximate surface area is 112 Å². The van der Waals surface area contributed by atoms with Crippen molar-refractivity contribution in [2.45, 2.75) is 20.3 Å². The minimum absolute atomic E-state index is 0.0204. The highest BCUT2D eigenvalue weighted by atomic mass is 16.4. The van der Waals surface area contributed by atoms with Crippen molar-refractivity contribution >= 4 is 11.9 Å². The molecule has 5 nitrogen and oxygen atoms in total. The third-order valence-corrected chi connectivity index (χ3v) is 3.63. The zero-order chi connectivity index (χ0) is 14.0. The smallest absolute Gasteiger partial charge is 0.306 e. The highest BCUT2D eigenvalue weighted by molar-refractivity contribution is 5.94. The molecule has 2 rings (SSSR count). The molecule has 0 aliphatic carbocycles. The van der Waals surface area contributed by atoms with Crippen molar-refractivity contribution in [1.82, 2.24) is 9.88 Å². The van der Waals surface area contributed by atoms with Crippen LogP contribution in [0.5, 0.6) is 0 Å². The number of nitrogens with zero attached hydrogens (tertiary/aromatic N) is 2. The Hall–Kier alpha value is -1.91. The molecule has 1 saturated heterocycles. The summed E-state index contributed by atoms with van der Waals surface area (Å²) in [7, 11) is 0. The monoisotopic (exact) mass is 262 g/mol. The van der Waals surface area contributed by atoms with Crippen molar-refractivity contribution in [3.63, 3.8) is 0 Å². The fourth-order valence-electron chi connectivity index (χ4n) is 2.55. The van der Waals surface area contributed by atoms with Crippen molar-refractivity contribution in [3.05, 3.63) is 29.6 Å². The van der Waals surface area contributed by atoms with E-state index < -0.39 is 5.97 Å². The number of aliphatic carboxylic acids is 1. The molecule has 1 aromatic rings. The summed E-state index contributed by atoms with van der Waals surface area (Å²) in [4.78, 5) is 29.1. The number of rotatable bonds is 2. The number of carbonyl (C=O) groups is 2. The number of carboxylic acid groups (broad SMARTS) is 1. The maximum atomic E-state index is 12.3. The maximum absolute atomic E-state index is 12.3. The number of carbonyl (C=O) groups excluding carboxylic acids is 1. The third-order valence-electron chi connectivity index (χ3n) is 3.63. The molecule has 2 atom stereocenters. The van der Waals surface area contributed by atoms with Crippen LogP contribution in [-0.2, 0) is 4.79 Å². The Morgan fingerprint density at radius 1 is 1.42 bits per heavy atom. The van der Waals surface area contributed by atoms with Gasteiger partial charge >= 0.3 is 5.97 Å². The lowest BCUT2D eigenvalue weighted by Gasteiger charge is -2.34. The van der Waals surface area contributed by atoms with E-state index >= 15 is 0 Å². The van der Waals surface area contributed by atoms with Crippen molar-refractivity contribution < 1.29 is 14.7 Å². The number of likely N-dealkylation sites (tertiary alicyclic amines) is 1. The lowest BCUT2D eigenvalue weighted by Crippen LogP contribution is -2.45. The maximum Gasteiger partial charge on any atom is 0.306 e. The standard InChI is InChI=1S/C14H18N2O3/c1-9-5-11(7-15-6-9)13(17)16-4-3-12(14(18)19)10(2)8-16/h5-7,10,12H,3-4,8H2,1-2H3,(H,18,19). The molecule has 1 aliphatic rings. The first kappa shape index (κ1) is 13.5. The van der Waals surface area contributed by atoms with E-state index in [0.717, 1.165) is 5.56 Å². The molecule has 2 heterocycles. The second kappa shape index (κ2) is 5.38. The van der Waals surface area contributed by atoms with Gasteiger partial charge in [-0.2, -0.15) is 0 Å². The van der Waals surface area contributed by atoms with Crippen LogP contribution in [0.3, 0.4) is 0 Å². The minimum atomic E-state index is -0.767. The first-order chi connectivity index (χ1) is 8.99. The van der Waals surface area contributed by atoms with Gasteiger partial charge in [0.25, 0.3) is 5.91 Å². The first-order valence-corrected chi connectivity index (χ1v) is 6.42. The molecule has 5 heteroatoms. The van der Waals surface area contributed by atoms with Crippen LogP contribution in [-0.4, -0.2) is 40.0 Å². The van der Waals surface area contributed by atoms with Crippen LogP contribution in [0.25, 0.3) is 0 Å². The van der Waals surface area contributed by atoms with E-state index in [-0.39, 0.29) is 17.7 Å². The highest BCUT2D eigenvalue weighted by Crippen LogP contribution is 2.24. The topological polar surface area (TPSA) is 70.5 Å². The van der Waals surface area contributed by atoms with Crippen molar-refractivity contribution in [2.24, 2.45) is 11.8 Å². The predicted molar refractivity (Wildman–Crippen MR) is 69.8 cm³/mol. The Bertz CT molecular complexity index is 501. The Morgan fingerprint density at radius 3 is 2.74 bits per heavy atom. The van der Waals surface area contributed by atoms with E-state index in [1.165, 1.54) is 0 Å². The molecule has 1 N–H and O–H groups in total. The van der Waals surface area contributed by atoms with Crippen LogP contribution in [0.4, 0.5) is 0 Å². The van der Waals surface area contributed by atoms with Crippen LogP contribution >= 0.6 is 0 Å². The normalized spacial score (nSPS) is 23.2. The van der Waals surface area contributed by atoms with Gasteiger partial charge in [0.1, 0.15) is 0 Å². The first-order valence-electron chi connectivity index (χ1n) is 6.42. The van der Waals surface area contributed by atoms with Crippen LogP contribution < -0.4 is 0 Å². The van der Waals surface area contributed by atoms with E-state index in [0.29, 0.717) is 25.1 Å². The number of carboxylic acids is 1. The molecule has 1 aliphatic heterocycles. The average Bonchev–Trinajstić information content (AvgIpc) is 2.37. The number of hydrogen-bond acceptors (Lipinski definition) is 3. The van der Waals surface area contributed by atoms with E-state index in [9.17, 15) is 9.59 Å². The van der Waals surface area contributed by atoms with Gasteiger partial charge in [-0.15, -0.1) is 0 Å². The molecule has 0 aromatic carbocycles. The van der Waals surface area contributed by atoms with Crippen LogP contribution in [0, 0.1) is 18.8 Å². The Balaban J connectivity index is 2.08. The number of amides is 1. The predicted octanol–water partition coefficient (Wildman–Crippen LogP) is 1.57. The van der Waals surface area contributed by atoms with E-state index in [1.54, 1.807) is 17.3 Å². The minimum Gasteiger partial charge on any atom is -0.481 e. The largest absolute Gasteiger partial charge is 0.481 e. The zero-order valence-corrected chi connectivity index (χ0v) is 11.2. The fourth-order valence-corrected chi connectivity index (χ4v) is 2.55. The van der Waals surface area contributed by atoms with Gasteiger partial charge in [0, 0.05) is 25.5 Å². The molecule has 1 fully saturated rings. The van der Waals surface area contributed by atoms with Gasteiger partial charge in [-0.05, 0) is 30.9 Å². The molecule has 19 heavy (non-hydrogen) atoms. The quantitative estimate of drug-likeness (QED) is 0.878. The van der Waals surface area contributed by atoms with Crippen LogP contribution in [0.15, 0.2) is 18.5 Å². The van der Waals surface area contributed by atoms with Crippen molar-refractivity contribution in [1.29, 1.82) is 0 Å². The number of pyridine rings is 1. The number of hydrogen-bond donors (Lipinski definition) is 1. The number of piperidine rings is 1. The summed E-state index contributed by atoms with van der Waals surface area (Å²) in [5, 5.41) is 9.07. The summed E-state index contributed by atoms with van der Waals surface area (Å²) in [5.41, 5.74) is 1.51. The van der Waals surface area contributed by atoms with E-state index in [2.05, 4.69) is 4.98 Å². The molecule has 102 valence electrons. The van der Waals surface area contributed by atoms with Gasteiger partial charge in [-0.3, -0.25) is 14.6 Å². The summed E-state index contributed by atoms with van der Waals surface area (Å²) in [6.45, 7) is 4.76. The van der Waals surface area contributed by atoms with Gasteiger partial charge in [-0.25, -0.2) is 0 Å². The Kier molecular flexibility index (Phi) is 3.83. The van der Waals surface area contributed by atoms with Gasteiger partial charge < -0.3 is 10.0 Å². The number of aromatic nitrogens is 1. The highest BCUT2D eigenvalue weighted by Gasteiger charge is 2.33. The Morgan fingerprint density at radius 2 is 2.16 bits per heavy atom. The van der Waals surface area contributed by atoms with Crippen LogP contribution in [0.2, 0.25) is 0 Å². The van der Waals surface area contributed by atoms with Crippen molar-refractivity contribution in [2.75, 3.05) is 13.1 Å². The fraction of sp³-hybridized carbons (Fsp3) is 0.500. The second-order valence-electron chi connectivity index (χ2n) is 5.21. The molecule has 0 bridgehead atoms. The summed E-state index contributed by atoms with van der Waals surface area (Å²) in [6.07, 6.45) is 3.78. The lowest BCUT2D eigenvalue weighted by atomic mass is 9.87. The third kappa shape index (κ3) is 2.92.